The zero-order valence-electron chi connectivity index (χ0n) is 14.4. The first-order valence-corrected chi connectivity index (χ1v) is 8.92. The minimum absolute atomic E-state index is 0.0135. The maximum atomic E-state index is 12.7. The van der Waals surface area contributed by atoms with Gasteiger partial charge in [-0.3, -0.25) is 9.47 Å². The van der Waals surface area contributed by atoms with Crippen LogP contribution in [0.5, 0.6) is 0 Å². The number of rotatable bonds is 2. The average Bonchev–Trinajstić information content (AvgIpc) is 3.09. The standard InChI is InChI=1S/C20H25N3O/c1-14-5-3-4-6-18(14)17-9-12-23(13-17)20(24)21-19-15(2)22-10-7-16(19)8-11-22/h3-6,9,12-13,15-16,19H,7-8,10-11H2,1-2H3,(H,21,24)/t15-,19+/m1/s1. The molecule has 24 heavy (non-hydrogen) atoms. The lowest BCUT2D eigenvalue weighted by molar-refractivity contribution is 0.0267. The predicted molar refractivity (Wildman–Crippen MR) is 96.1 cm³/mol. The molecule has 2 atom stereocenters. The minimum Gasteiger partial charge on any atom is -0.333 e. The third-order valence-corrected chi connectivity index (χ3v) is 5.85. The van der Waals surface area contributed by atoms with Crippen molar-refractivity contribution in [3.8, 4) is 11.1 Å². The van der Waals surface area contributed by atoms with E-state index in [-0.39, 0.29) is 12.1 Å². The van der Waals surface area contributed by atoms with Crippen molar-refractivity contribution in [1.29, 1.82) is 0 Å². The number of benzene rings is 1. The molecule has 0 aliphatic carbocycles. The maximum absolute atomic E-state index is 12.7. The smallest absolute Gasteiger partial charge is 0.325 e. The molecule has 3 fully saturated rings. The number of piperidine rings is 3. The number of carbonyl (C=O) groups is 1. The molecular weight excluding hydrogens is 298 g/mol. The van der Waals surface area contributed by atoms with Gasteiger partial charge in [0.25, 0.3) is 0 Å². The molecule has 4 heteroatoms. The van der Waals surface area contributed by atoms with Gasteiger partial charge in [0.2, 0.25) is 0 Å². The summed E-state index contributed by atoms with van der Waals surface area (Å²) in [6, 6.07) is 11.0. The molecule has 1 aromatic heterocycles. The molecule has 126 valence electrons. The number of aromatic nitrogens is 1. The Bertz CT molecular complexity index is 741. The molecule has 1 aromatic carbocycles. The van der Waals surface area contributed by atoms with Crippen LogP contribution in [0, 0.1) is 12.8 Å². The number of amides is 1. The summed E-state index contributed by atoms with van der Waals surface area (Å²) in [6.45, 7) is 6.70. The minimum atomic E-state index is -0.0135. The van der Waals surface area contributed by atoms with Crippen molar-refractivity contribution in [2.45, 2.75) is 38.8 Å². The van der Waals surface area contributed by atoms with E-state index in [2.05, 4.69) is 36.2 Å². The molecule has 0 radical (unpaired) electrons. The summed E-state index contributed by atoms with van der Waals surface area (Å²) in [4.78, 5) is 15.2. The Balaban J connectivity index is 1.51. The van der Waals surface area contributed by atoms with Gasteiger partial charge in [0.15, 0.2) is 0 Å². The van der Waals surface area contributed by atoms with Crippen LogP contribution in [0.25, 0.3) is 11.1 Å². The fourth-order valence-electron chi connectivity index (χ4n) is 4.34. The van der Waals surface area contributed by atoms with Crippen LogP contribution in [-0.4, -0.2) is 40.7 Å². The fraction of sp³-hybridized carbons (Fsp3) is 0.450. The van der Waals surface area contributed by atoms with Crippen molar-refractivity contribution in [3.05, 3.63) is 48.3 Å². The van der Waals surface area contributed by atoms with Gasteiger partial charge in [-0.05, 0) is 62.9 Å². The normalized spacial score (nSPS) is 28.8. The number of hydrogen-bond donors (Lipinski definition) is 1. The first-order valence-electron chi connectivity index (χ1n) is 8.92. The van der Waals surface area contributed by atoms with E-state index in [1.807, 2.05) is 30.6 Å². The highest BCUT2D eigenvalue weighted by Crippen LogP contribution is 2.32. The number of nitrogens with zero attached hydrogens (tertiary/aromatic N) is 2. The average molecular weight is 323 g/mol. The van der Waals surface area contributed by atoms with E-state index in [1.54, 1.807) is 4.57 Å². The fourth-order valence-corrected chi connectivity index (χ4v) is 4.34. The zero-order chi connectivity index (χ0) is 16.7. The third kappa shape index (κ3) is 2.65. The largest absolute Gasteiger partial charge is 0.333 e. The summed E-state index contributed by atoms with van der Waals surface area (Å²) in [6.07, 6.45) is 6.21. The molecular formula is C20H25N3O. The second-order valence-corrected chi connectivity index (χ2v) is 7.21. The van der Waals surface area contributed by atoms with Crippen LogP contribution in [-0.2, 0) is 0 Å². The molecule has 0 unspecified atom stereocenters. The number of nitrogens with one attached hydrogen (secondary N) is 1. The Morgan fingerprint density at radius 3 is 2.62 bits per heavy atom. The SMILES string of the molecule is Cc1ccccc1-c1ccn(C(=O)N[C@@H]2C3CCN(CC3)[C@@H]2C)c1. The molecule has 3 aliphatic heterocycles. The van der Waals surface area contributed by atoms with Gasteiger partial charge < -0.3 is 5.32 Å². The zero-order valence-corrected chi connectivity index (χ0v) is 14.4. The lowest BCUT2D eigenvalue weighted by Gasteiger charge is -2.49. The van der Waals surface area contributed by atoms with E-state index in [0.29, 0.717) is 12.0 Å². The van der Waals surface area contributed by atoms with Crippen molar-refractivity contribution in [1.82, 2.24) is 14.8 Å². The van der Waals surface area contributed by atoms with Crippen molar-refractivity contribution in [2.24, 2.45) is 5.92 Å². The van der Waals surface area contributed by atoms with Crippen LogP contribution in [0.4, 0.5) is 4.79 Å². The summed E-state index contributed by atoms with van der Waals surface area (Å²) in [5.74, 6) is 0.625. The van der Waals surface area contributed by atoms with Gasteiger partial charge in [0.1, 0.15) is 0 Å². The molecule has 3 saturated heterocycles. The van der Waals surface area contributed by atoms with Crippen LogP contribution in [0.3, 0.4) is 0 Å². The van der Waals surface area contributed by atoms with Crippen LogP contribution >= 0.6 is 0 Å². The van der Waals surface area contributed by atoms with Crippen molar-refractivity contribution < 1.29 is 4.79 Å². The summed E-state index contributed by atoms with van der Waals surface area (Å²) < 4.78 is 1.69. The summed E-state index contributed by atoms with van der Waals surface area (Å²) in [5.41, 5.74) is 3.49. The van der Waals surface area contributed by atoms with Gasteiger partial charge in [0.05, 0.1) is 0 Å². The Hall–Kier alpha value is -2.07. The molecule has 2 bridgehead atoms. The molecule has 1 N–H and O–H groups in total. The van der Waals surface area contributed by atoms with E-state index in [4.69, 9.17) is 0 Å². The van der Waals surface area contributed by atoms with Crippen molar-refractivity contribution >= 4 is 6.03 Å². The first kappa shape index (κ1) is 15.5. The summed E-state index contributed by atoms with van der Waals surface area (Å²) in [5, 5.41) is 3.28. The molecule has 4 heterocycles. The number of fused-ring (bicyclic) bond motifs is 3. The number of carbonyl (C=O) groups excluding carboxylic acids is 1. The molecule has 2 aromatic rings. The van der Waals surface area contributed by atoms with E-state index >= 15 is 0 Å². The predicted octanol–water partition coefficient (Wildman–Crippen LogP) is 3.50. The molecule has 4 nitrogen and oxygen atoms in total. The van der Waals surface area contributed by atoms with Gasteiger partial charge in [-0.25, -0.2) is 4.79 Å². The highest BCUT2D eigenvalue weighted by Gasteiger charge is 2.40. The van der Waals surface area contributed by atoms with E-state index in [9.17, 15) is 4.79 Å². The highest BCUT2D eigenvalue weighted by atomic mass is 16.2. The summed E-state index contributed by atoms with van der Waals surface area (Å²) in [7, 11) is 0. The van der Waals surface area contributed by atoms with E-state index in [1.165, 1.54) is 37.1 Å². The van der Waals surface area contributed by atoms with Gasteiger partial charge in [-0.2, -0.15) is 0 Å². The second kappa shape index (κ2) is 6.10. The van der Waals surface area contributed by atoms with E-state index in [0.717, 1.165) is 5.56 Å². The lowest BCUT2D eigenvalue weighted by atomic mass is 9.79. The lowest BCUT2D eigenvalue weighted by Crippen LogP contribution is -2.62. The Morgan fingerprint density at radius 2 is 1.92 bits per heavy atom. The Labute approximate surface area is 143 Å². The van der Waals surface area contributed by atoms with Gasteiger partial charge in [-0.15, -0.1) is 0 Å². The van der Waals surface area contributed by atoms with Crippen molar-refractivity contribution in [2.75, 3.05) is 13.1 Å². The quantitative estimate of drug-likeness (QED) is 0.918. The van der Waals surface area contributed by atoms with E-state index < -0.39 is 0 Å². The van der Waals surface area contributed by atoms with Crippen molar-refractivity contribution in [3.63, 3.8) is 0 Å². The van der Waals surface area contributed by atoms with Crippen LogP contribution < -0.4 is 5.32 Å². The molecule has 0 saturated carbocycles. The topological polar surface area (TPSA) is 37.3 Å². The Kier molecular flexibility index (Phi) is 3.93. The molecule has 0 spiro atoms. The molecule has 3 aliphatic rings. The van der Waals surface area contributed by atoms with Crippen LogP contribution in [0.15, 0.2) is 42.7 Å². The van der Waals surface area contributed by atoms with Gasteiger partial charge >= 0.3 is 6.03 Å². The molecule has 1 amide bonds. The first-order chi connectivity index (χ1) is 11.6. The monoisotopic (exact) mass is 323 g/mol. The Morgan fingerprint density at radius 1 is 1.17 bits per heavy atom. The highest BCUT2D eigenvalue weighted by molar-refractivity contribution is 5.79. The molecule has 5 rings (SSSR count). The third-order valence-electron chi connectivity index (χ3n) is 5.85. The van der Waals surface area contributed by atoms with Crippen LogP contribution in [0.2, 0.25) is 0 Å². The number of aryl methyl sites for hydroxylation is 1. The second-order valence-electron chi connectivity index (χ2n) is 7.21. The van der Waals surface area contributed by atoms with Gasteiger partial charge in [-0.1, -0.05) is 24.3 Å². The summed E-state index contributed by atoms with van der Waals surface area (Å²) >= 11 is 0. The maximum Gasteiger partial charge on any atom is 0.325 e. The number of hydrogen-bond acceptors (Lipinski definition) is 2. The van der Waals surface area contributed by atoms with Crippen LogP contribution in [0.1, 0.15) is 25.3 Å². The van der Waals surface area contributed by atoms with Gasteiger partial charge in [0, 0.05) is 30.0 Å².